The number of nitrogens with zero attached hydrogens (tertiary/aromatic N) is 2. The van der Waals surface area contributed by atoms with E-state index in [1.165, 1.54) is 16.6 Å². The minimum atomic E-state index is -3.19. The number of benzene rings is 1. The first kappa shape index (κ1) is 18.3. The summed E-state index contributed by atoms with van der Waals surface area (Å²) in [6, 6.07) is 3.56. The van der Waals surface area contributed by atoms with Crippen LogP contribution >= 0.6 is 0 Å². The number of sulfonamides is 1. The molecular weight excluding hydrogens is 326 g/mol. The van der Waals surface area contributed by atoms with E-state index in [1.54, 1.807) is 7.05 Å². The Morgan fingerprint density at radius 1 is 1.30 bits per heavy atom. The smallest absolute Gasteiger partial charge is 0.211 e. The van der Waals surface area contributed by atoms with E-state index in [-0.39, 0.29) is 18.2 Å². The maximum absolute atomic E-state index is 13.7. The molecule has 1 aliphatic rings. The van der Waals surface area contributed by atoms with E-state index in [4.69, 9.17) is 0 Å². The van der Waals surface area contributed by atoms with Gasteiger partial charge in [0.2, 0.25) is 10.0 Å². The van der Waals surface area contributed by atoms with Crippen LogP contribution in [0.5, 0.6) is 0 Å². The quantitative estimate of drug-likeness (QED) is 0.873. The molecule has 23 heavy (non-hydrogen) atoms. The normalized spacial score (nSPS) is 19.2. The second kappa shape index (κ2) is 7.21. The fourth-order valence-corrected chi connectivity index (χ4v) is 3.83. The molecule has 0 saturated carbocycles. The van der Waals surface area contributed by atoms with Crippen LogP contribution in [0.25, 0.3) is 0 Å². The van der Waals surface area contributed by atoms with Crippen LogP contribution in [0.3, 0.4) is 0 Å². The summed E-state index contributed by atoms with van der Waals surface area (Å²) < 4.78 is 51.8. The molecular formula is C15H22F2N2O3S. The third-order valence-corrected chi connectivity index (χ3v) is 5.61. The summed E-state index contributed by atoms with van der Waals surface area (Å²) in [7, 11) is -1.42. The zero-order valence-electron chi connectivity index (χ0n) is 13.2. The van der Waals surface area contributed by atoms with Crippen molar-refractivity contribution in [3.05, 3.63) is 35.4 Å². The van der Waals surface area contributed by atoms with Crippen LogP contribution in [0.2, 0.25) is 0 Å². The van der Waals surface area contributed by atoms with Gasteiger partial charge in [-0.2, -0.15) is 0 Å². The number of piperidine rings is 1. The van der Waals surface area contributed by atoms with Crippen molar-refractivity contribution in [1.29, 1.82) is 0 Å². The van der Waals surface area contributed by atoms with Crippen molar-refractivity contribution >= 4 is 10.0 Å². The van der Waals surface area contributed by atoms with Gasteiger partial charge in [0.25, 0.3) is 0 Å². The first-order valence-electron chi connectivity index (χ1n) is 7.47. The lowest BCUT2D eigenvalue weighted by molar-refractivity contribution is 0.0816. The molecule has 8 heteroatoms. The second-order valence-corrected chi connectivity index (χ2v) is 7.97. The molecule has 1 aliphatic heterocycles. The van der Waals surface area contributed by atoms with Crippen molar-refractivity contribution in [3.8, 4) is 0 Å². The lowest BCUT2D eigenvalue weighted by atomic mass is 10.0. The molecule has 1 aromatic carbocycles. The number of aliphatic hydroxyl groups excluding tert-OH is 1. The third-order valence-electron chi connectivity index (χ3n) is 4.31. The predicted octanol–water partition coefficient (Wildman–Crippen LogP) is 1.35. The highest BCUT2D eigenvalue weighted by Crippen LogP contribution is 2.24. The zero-order valence-corrected chi connectivity index (χ0v) is 14.1. The molecule has 1 unspecified atom stereocenters. The van der Waals surface area contributed by atoms with Gasteiger partial charge in [0.1, 0.15) is 11.6 Å². The highest BCUT2D eigenvalue weighted by atomic mass is 32.2. The molecule has 0 amide bonds. The maximum atomic E-state index is 13.7. The Labute approximate surface area is 135 Å². The standard InChI is InChI=1S/C15H22F2N2O3S/c1-18(11-6-8-19(9-7-11)23(2,21)22)10-14(20)15-12(16)4-3-5-13(15)17/h3-5,11,14,20H,6-10H2,1-2H3. The molecule has 2 rings (SSSR count). The van der Waals surface area contributed by atoms with Gasteiger partial charge >= 0.3 is 0 Å². The van der Waals surface area contributed by atoms with Crippen molar-refractivity contribution in [1.82, 2.24) is 9.21 Å². The van der Waals surface area contributed by atoms with Gasteiger partial charge < -0.3 is 10.0 Å². The first-order chi connectivity index (χ1) is 10.7. The summed E-state index contributed by atoms with van der Waals surface area (Å²) in [6.07, 6.45) is 1.16. The molecule has 1 atom stereocenters. The molecule has 1 fully saturated rings. The number of hydrogen-bond donors (Lipinski definition) is 1. The largest absolute Gasteiger partial charge is 0.387 e. The SMILES string of the molecule is CN(CC(O)c1c(F)cccc1F)C1CCN(S(C)(=O)=O)CC1. The fourth-order valence-electron chi connectivity index (χ4n) is 2.96. The topological polar surface area (TPSA) is 60.9 Å². The summed E-state index contributed by atoms with van der Waals surface area (Å²) in [6.45, 7) is 0.914. The van der Waals surface area contributed by atoms with E-state index in [9.17, 15) is 22.3 Å². The van der Waals surface area contributed by atoms with E-state index in [2.05, 4.69) is 0 Å². The number of halogens is 2. The summed E-state index contributed by atoms with van der Waals surface area (Å²) in [5, 5.41) is 10.1. The highest BCUT2D eigenvalue weighted by molar-refractivity contribution is 7.88. The molecule has 1 heterocycles. The van der Waals surface area contributed by atoms with Gasteiger partial charge in [-0.1, -0.05) is 6.07 Å². The molecule has 1 aromatic rings. The number of likely N-dealkylation sites (N-methyl/N-ethyl adjacent to an activating group) is 1. The van der Waals surface area contributed by atoms with Gasteiger partial charge in [-0.05, 0) is 32.0 Å². The monoisotopic (exact) mass is 348 g/mol. The number of hydrogen-bond acceptors (Lipinski definition) is 4. The molecule has 0 aliphatic carbocycles. The summed E-state index contributed by atoms with van der Waals surface area (Å²) in [4.78, 5) is 1.83. The second-order valence-electron chi connectivity index (χ2n) is 5.98. The molecule has 130 valence electrons. The van der Waals surface area contributed by atoms with Crippen LogP contribution in [-0.2, 0) is 10.0 Å². The van der Waals surface area contributed by atoms with Crippen molar-refractivity contribution in [2.45, 2.75) is 25.0 Å². The average Bonchev–Trinajstić information content (AvgIpc) is 2.46. The van der Waals surface area contributed by atoms with Crippen molar-refractivity contribution in [3.63, 3.8) is 0 Å². The summed E-state index contributed by atoms with van der Waals surface area (Å²) in [5.74, 6) is -1.53. The Bertz CT molecular complexity index is 626. The van der Waals surface area contributed by atoms with Crippen molar-refractivity contribution in [2.75, 3.05) is 32.9 Å². The van der Waals surface area contributed by atoms with Gasteiger partial charge in [0.05, 0.1) is 17.9 Å². The van der Waals surface area contributed by atoms with E-state index in [0.29, 0.717) is 25.9 Å². The molecule has 5 nitrogen and oxygen atoms in total. The van der Waals surface area contributed by atoms with Gasteiger partial charge in [0, 0.05) is 25.7 Å². The third kappa shape index (κ3) is 4.47. The Kier molecular flexibility index (Phi) is 5.72. The summed E-state index contributed by atoms with van der Waals surface area (Å²) in [5.41, 5.74) is -0.326. The average molecular weight is 348 g/mol. The Hall–Kier alpha value is -1.09. The first-order valence-corrected chi connectivity index (χ1v) is 9.32. The number of aliphatic hydroxyl groups is 1. The van der Waals surface area contributed by atoms with Gasteiger partial charge in [0.15, 0.2) is 0 Å². The highest BCUT2D eigenvalue weighted by Gasteiger charge is 2.28. The minimum Gasteiger partial charge on any atom is -0.387 e. The van der Waals surface area contributed by atoms with E-state index >= 15 is 0 Å². The Morgan fingerprint density at radius 2 is 1.83 bits per heavy atom. The zero-order chi connectivity index (χ0) is 17.2. The van der Waals surface area contributed by atoms with Crippen molar-refractivity contribution < 1.29 is 22.3 Å². The van der Waals surface area contributed by atoms with Crippen molar-refractivity contribution in [2.24, 2.45) is 0 Å². The van der Waals surface area contributed by atoms with Crippen LogP contribution < -0.4 is 0 Å². The molecule has 1 saturated heterocycles. The summed E-state index contributed by atoms with van der Waals surface area (Å²) >= 11 is 0. The lowest BCUT2D eigenvalue weighted by Crippen LogP contribution is -2.46. The van der Waals surface area contributed by atoms with Crippen LogP contribution in [0.15, 0.2) is 18.2 Å². The Balaban J connectivity index is 1.96. The number of rotatable bonds is 5. The predicted molar refractivity (Wildman–Crippen MR) is 83.4 cm³/mol. The lowest BCUT2D eigenvalue weighted by Gasteiger charge is -2.36. The fraction of sp³-hybridized carbons (Fsp3) is 0.600. The van der Waals surface area contributed by atoms with Gasteiger partial charge in [-0.3, -0.25) is 0 Å². The molecule has 0 radical (unpaired) electrons. The minimum absolute atomic E-state index is 0.0671. The molecule has 0 aromatic heterocycles. The van der Waals surface area contributed by atoms with Crippen LogP contribution in [0.1, 0.15) is 24.5 Å². The van der Waals surface area contributed by atoms with Crippen LogP contribution in [-0.4, -0.2) is 61.7 Å². The van der Waals surface area contributed by atoms with Gasteiger partial charge in [-0.25, -0.2) is 21.5 Å². The molecule has 0 spiro atoms. The Morgan fingerprint density at radius 3 is 2.30 bits per heavy atom. The van der Waals surface area contributed by atoms with E-state index in [0.717, 1.165) is 12.1 Å². The van der Waals surface area contributed by atoms with Crippen LogP contribution in [0.4, 0.5) is 8.78 Å². The maximum Gasteiger partial charge on any atom is 0.211 e. The molecule has 0 bridgehead atoms. The van der Waals surface area contributed by atoms with Crippen LogP contribution in [0, 0.1) is 11.6 Å². The molecule has 1 N–H and O–H groups in total. The van der Waals surface area contributed by atoms with Gasteiger partial charge in [-0.15, -0.1) is 0 Å². The van der Waals surface area contributed by atoms with E-state index in [1.807, 2.05) is 4.90 Å². The van der Waals surface area contributed by atoms with E-state index < -0.39 is 27.8 Å².